The maximum atomic E-state index is 11.4. The molecule has 0 aliphatic rings. The molecule has 6 nitrogen and oxygen atoms in total. The maximum Gasteiger partial charge on any atom is 0.252 e. The van der Waals surface area contributed by atoms with Gasteiger partial charge in [0.15, 0.2) is 5.13 Å². The van der Waals surface area contributed by atoms with E-state index in [1.807, 2.05) is 0 Å². The average molecular weight is 270 g/mol. The number of methoxy groups -OCH3 is 1. The Hall–Kier alpha value is -1.46. The standard InChI is InChI=1S/C11H14N2O4S/c1-16-5-6-17-8-10(15)13-11-12-7-9(18-11)3-2-4-14/h7,14H,4-6,8H2,1H3,(H,12,13,15). The number of nitrogens with one attached hydrogen (secondary N) is 1. The molecule has 1 rings (SSSR count). The molecule has 0 radical (unpaired) electrons. The van der Waals surface area contributed by atoms with Gasteiger partial charge in [-0.15, -0.1) is 0 Å². The van der Waals surface area contributed by atoms with Crippen molar-refractivity contribution in [1.82, 2.24) is 4.98 Å². The van der Waals surface area contributed by atoms with Crippen LogP contribution in [0.2, 0.25) is 0 Å². The molecule has 18 heavy (non-hydrogen) atoms. The lowest BCUT2D eigenvalue weighted by Crippen LogP contribution is -2.19. The van der Waals surface area contributed by atoms with Crippen LogP contribution in [0.1, 0.15) is 4.88 Å². The van der Waals surface area contributed by atoms with Gasteiger partial charge in [-0.25, -0.2) is 4.98 Å². The van der Waals surface area contributed by atoms with Crippen molar-refractivity contribution in [3.63, 3.8) is 0 Å². The van der Waals surface area contributed by atoms with E-state index in [1.54, 1.807) is 7.11 Å². The first kappa shape index (κ1) is 14.6. The molecule has 0 bridgehead atoms. The predicted octanol–water partition coefficient (Wildman–Crippen LogP) is 0.0884. The van der Waals surface area contributed by atoms with Gasteiger partial charge in [-0.1, -0.05) is 23.2 Å². The summed E-state index contributed by atoms with van der Waals surface area (Å²) in [7, 11) is 1.56. The zero-order chi connectivity index (χ0) is 13.2. The molecular formula is C11H14N2O4S. The van der Waals surface area contributed by atoms with Gasteiger partial charge in [-0.2, -0.15) is 0 Å². The van der Waals surface area contributed by atoms with Crippen molar-refractivity contribution in [3.05, 3.63) is 11.1 Å². The molecule has 7 heteroatoms. The first-order chi connectivity index (χ1) is 8.76. The fraction of sp³-hybridized carbons (Fsp3) is 0.455. The number of nitrogens with zero attached hydrogens (tertiary/aromatic N) is 1. The molecule has 0 saturated heterocycles. The highest BCUT2D eigenvalue weighted by atomic mass is 32.1. The number of anilines is 1. The topological polar surface area (TPSA) is 80.7 Å². The van der Waals surface area contributed by atoms with Gasteiger partial charge in [0.2, 0.25) is 0 Å². The van der Waals surface area contributed by atoms with Gasteiger partial charge in [0.25, 0.3) is 5.91 Å². The second kappa shape index (κ2) is 8.60. The van der Waals surface area contributed by atoms with Gasteiger partial charge in [0, 0.05) is 7.11 Å². The molecule has 1 aromatic heterocycles. The Balaban J connectivity index is 2.33. The Kier molecular flexibility index (Phi) is 6.98. The number of amides is 1. The number of hydrogen-bond donors (Lipinski definition) is 2. The lowest BCUT2D eigenvalue weighted by molar-refractivity contribution is -0.121. The van der Waals surface area contributed by atoms with Crippen LogP contribution in [-0.4, -0.2) is 49.5 Å². The molecule has 0 saturated carbocycles. The van der Waals surface area contributed by atoms with Crippen LogP contribution in [0.5, 0.6) is 0 Å². The minimum absolute atomic E-state index is 0.0411. The fourth-order valence-electron chi connectivity index (χ4n) is 0.979. The Morgan fingerprint density at radius 2 is 2.44 bits per heavy atom. The smallest absolute Gasteiger partial charge is 0.252 e. The van der Waals surface area contributed by atoms with Gasteiger partial charge in [-0.3, -0.25) is 10.1 Å². The molecule has 1 heterocycles. The molecule has 0 atom stereocenters. The summed E-state index contributed by atoms with van der Waals surface area (Å²) in [6, 6.07) is 0. The van der Waals surface area contributed by atoms with Crippen molar-refractivity contribution >= 4 is 22.4 Å². The highest BCUT2D eigenvalue weighted by Crippen LogP contribution is 2.16. The molecule has 0 fully saturated rings. The summed E-state index contributed by atoms with van der Waals surface area (Å²) in [5.74, 6) is 4.93. The van der Waals surface area contributed by atoms with Gasteiger partial charge in [0.1, 0.15) is 13.2 Å². The van der Waals surface area contributed by atoms with Crippen LogP contribution >= 0.6 is 11.3 Å². The Bertz CT molecular complexity index is 436. The molecule has 0 aliphatic carbocycles. The van der Waals surface area contributed by atoms with E-state index in [0.29, 0.717) is 23.2 Å². The number of carbonyl (C=O) groups excluding carboxylic acids is 1. The zero-order valence-corrected chi connectivity index (χ0v) is 10.7. The van der Waals surface area contributed by atoms with Crippen LogP contribution in [0.4, 0.5) is 5.13 Å². The highest BCUT2D eigenvalue weighted by Gasteiger charge is 2.05. The molecule has 2 N–H and O–H groups in total. The summed E-state index contributed by atoms with van der Waals surface area (Å²) in [6.45, 7) is 0.577. The number of aromatic nitrogens is 1. The maximum absolute atomic E-state index is 11.4. The summed E-state index contributed by atoms with van der Waals surface area (Å²) in [6.07, 6.45) is 1.54. The molecule has 0 aromatic carbocycles. The van der Waals surface area contributed by atoms with Crippen molar-refractivity contribution in [2.45, 2.75) is 0 Å². The number of rotatable bonds is 6. The van der Waals surface area contributed by atoms with E-state index in [0.717, 1.165) is 0 Å². The largest absolute Gasteiger partial charge is 0.384 e. The lowest BCUT2D eigenvalue weighted by atomic mass is 10.5. The summed E-state index contributed by atoms with van der Waals surface area (Å²) in [4.78, 5) is 16.1. The van der Waals surface area contributed by atoms with Gasteiger partial charge >= 0.3 is 0 Å². The van der Waals surface area contributed by atoms with Crippen LogP contribution in [0.15, 0.2) is 6.20 Å². The Morgan fingerprint density at radius 3 is 3.17 bits per heavy atom. The number of aliphatic hydroxyl groups excluding tert-OH is 1. The van der Waals surface area contributed by atoms with Crippen molar-refractivity contribution < 1.29 is 19.4 Å². The number of ether oxygens (including phenoxy) is 2. The second-order valence-electron chi connectivity index (χ2n) is 3.08. The molecule has 98 valence electrons. The van der Waals surface area contributed by atoms with Crippen molar-refractivity contribution in [2.75, 3.05) is 38.9 Å². The normalized spacial score (nSPS) is 9.67. The van der Waals surface area contributed by atoms with Gasteiger partial charge in [-0.05, 0) is 0 Å². The fourth-order valence-corrected chi connectivity index (χ4v) is 1.69. The van der Waals surface area contributed by atoms with E-state index in [2.05, 4.69) is 22.1 Å². The van der Waals surface area contributed by atoms with E-state index in [1.165, 1.54) is 17.5 Å². The molecule has 1 aromatic rings. The van der Waals surface area contributed by atoms with Crippen LogP contribution in [0, 0.1) is 11.8 Å². The van der Waals surface area contributed by atoms with Crippen molar-refractivity contribution in [2.24, 2.45) is 0 Å². The first-order valence-electron chi connectivity index (χ1n) is 5.18. The first-order valence-corrected chi connectivity index (χ1v) is 6.00. The molecule has 1 amide bonds. The number of carbonyl (C=O) groups is 1. The Labute approximate surface area is 109 Å². The molecule has 0 aliphatic heterocycles. The summed E-state index contributed by atoms with van der Waals surface area (Å²) >= 11 is 1.24. The van der Waals surface area contributed by atoms with E-state index in [-0.39, 0.29) is 19.1 Å². The van der Waals surface area contributed by atoms with Crippen molar-refractivity contribution in [3.8, 4) is 11.8 Å². The monoisotopic (exact) mass is 270 g/mol. The highest BCUT2D eigenvalue weighted by molar-refractivity contribution is 7.16. The SMILES string of the molecule is COCCOCC(=O)Nc1ncc(C#CCO)s1. The minimum atomic E-state index is -0.276. The van der Waals surface area contributed by atoms with Crippen LogP contribution in [0.3, 0.4) is 0 Å². The van der Waals surface area contributed by atoms with E-state index >= 15 is 0 Å². The number of hydrogen-bond acceptors (Lipinski definition) is 6. The third-order valence-electron chi connectivity index (χ3n) is 1.71. The van der Waals surface area contributed by atoms with Crippen LogP contribution in [-0.2, 0) is 14.3 Å². The minimum Gasteiger partial charge on any atom is -0.384 e. The third kappa shape index (κ3) is 5.75. The third-order valence-corrected chi connectivity index (χ3v) is 2.54. The lowest BCUT2D eigenvalue weighted by Gasteiger charge is -2.02. The van der Waals surface area contributed by atoms with Gasteiger partial charge < -0.3 is 14.6 Å². The summed E-state index contributed by atoms with van der Waals surface area (Å²) < 4.78 is 9.84. The predicted molar refractivity (Wildman–Crippen MR) is 67.4 cm³/mol. The van der Waals surface area contributed by atoms with Gasteiger partial charge in [0.05, 0.1) is 24.3 Å². The second-order valence-corrected chi connectivity index (χ2v) is 4.11. The van der Waals surface area contributed by atoms with E-state index in [4.69, 9.17) is 14.6 Å². The molecule has 0 spiro atoms. The zero-order valence-electron chi connectivity index (χ0n) is 9.93. The quantitative estimate of drug-likeness (QED) is 0.565. The van der Waals surface area contributed by atoms with E-state index < -0.39 is 0 Å². The van der Waals surface area contributed by atoms with Crippen LogP contribution < -0.4 is 5.32 Å². The average Bonchev–Trinajstić information content (AvgIpc) is 2.80. The molecular weight excluding hydrogens is 256 g/mol. The number of aliphatic hydroxyl groups is 1. The van der Waals surface area contributed by atoms with Crippen molar-refractivity contribution in [1.29, 1.82) is 0 Å². The molecule has 0 unspecified atom stereocenters. The summed E-state index contributed by atoms with van der Waals surface area (Å²) in [5, 5.41) is 11.6. The number of thiazole rings is 1. The van der Waals surface area contributed by atoms with Crippen LogP contribution in [0.25, 0.3) is 0 Å². The Morgan fingerprint density at radius 1 is 1.61 bits per heavy atom. The summed E-state index contributed by atoms with van der Waals surface area (Å²) in [5.41, 5.74) is 0. The van der Waals surface area contributed by atoms with E-state index in [9.17, 15) is 4.79 Å².